The zero-order valence-corrected chi connectivity index (χ0v) is 15.1. The molecule has 1 aromatic rings. The van der Waals surface area contributed by atoms with Crippen LogP contribution in [-0.4, -0.2) is 49.1 Å². The average Bonchev–Trinajstić information content (AvgIpc) is 2.86. The fraction of sp³-hybridized carbons (Fsp3) is 0.533. The Morgan fingerprint density at radius 2 is 2.13 bits per heavy atom. The molecule has 8 heteroatoms. The molecule has 0 aliphatic carbocycles. The normalized spacial score (nSPS) is 19.6. The highest BCUT2D eigenvalue weighted by Gasteiger charge is 2.28. The van der Waals surface area contributed by atoms with Gasteiger partial charge in [0.15, 0.2) is 9.84 Å². The summed E-state index contributed by atoms with van der Waals surface area (Å²) in [5.74, 6) is 1.72. The fourth-order valence-corrected chi connectivity index (χ4v) is 6.52. The lowest BCUT2D eigenvalue weighted by molar-refractivity contribution is -0.118. The van der Waals surface area contributed by atoms with Crippen LogP contribution in [0, 0.1) is 5.82 Å². The van der Waals surface area contributed by atoms with Crippen molar-refractivity contribution in [3.63, 3.8) is 0 Å². The van der Waals surface area contributed by atoms with Crippen LogP contribution in [0.3, 0.4) is 0 Å². The summed E-state index contributed by atoms with van der Waals surface area (Å²) in [6.45, 7) is 0.529. The molecule has 2 rings (SSSR count). The maximum Gasteiger partial charge on any atom is 0.230 e. The van der Waals surface area contributed by atoms with Crippen LogP contribution in [0.15, 0.2) is 24.3 Å². The highest BCUT2D eigenvalue weighted by Crippen LogP contribution is 2.23. The first-order valence-electron chi connectivity index (χ1n) is 7.36. The monoisotopic (exact) mass is 377 g/mol. The lowest BCUT2D eigenvalue weighted by Gasteiger charge is -2.08. The minimum Gasteiger partial charge on any atom is -0.355 e. The van der Waals surface area contributed by atoms with E-state index in [9.17, 15) is 17.6 Å². The highest BCUT2D eigenvalue weighted by molar-refractivity contribution is 8.02. The lowest BCUT2D eigenvalue weighted by Crippen LogP contribution is -2.28. The third-order valence-electron chi connectivity index (χ3n) is 3.42. The van der Waals surface area contributed by atoms with Gasteiger partial charge in [-0.3, -0.25) is 4.79 Å². The van der Waals surface area contributed by atoms with Crippen molar-refractivity contribution in [1.29, 1.82) is 0 Å². The molecule has 1 aliphatic rings. The van der Waals surface area contributed by atoms with Crippen molar-refractivity contribution in [2.75, 3.05) is 29.6 Å². The number of sulfone groups is 1. The van der Waals surface area contributed by atoms with E-state index in [1.807, 2.05) is 0 Å². The molecule has 1 unspecified atom stereocenters. The van der Waals surface area contributed by atoms with Crippen molar-refractivity contribution in [2.24, 2.45) is 0 Å². The van der Waals surface area contributed by atoms with Crippen LogP contribution in [0.1, 0.15) is 12.0 Å². The Morgan fingerprint density at radius 3 is 2.83 bits per heavy atom. The largest absolute Gasteiger partial charge is 0.355 e. The van der Waals surface area contributed by atoms with Crippen molar-refractivity contribution in [1.82, 2.24) is 5.32 Å². The number of amides is 1. The van der Waals surface area contributed by atoms with Gasteiger partial charge in [-0.2, -0.15) is 11.8 Å². The molecule has 128 valence electrons. The third kappa shape index (κ3) is 6.73. The van der Waals surface area contributed by atoms with Crippen LogP contribution in [-0.2, 0) is 20.4 Å². The summed E-state index contributed by atoms with van der Waals surface area (Å²) in [6, 6.07) is 6.67. The van der Waals surface area contributed by atoms with Gasteiger partial charge in [0.05, 0.1) is 17.3 Å². The van der Waals surface area contributed by atoms with Crippen LogP contribution in [0.25, 0.3) is 0 Å². The third-order valence-corrected chi connectivity index (χ3v) is 7.71. The van der Waals surface area contributed by atoms with E-state index >= 15 is 0 Å². The van der Waals surface area contributed by atoms with Crippen LogP contribution in [0.5, 0.6) is 0 Å². The predicted molar refractivity (Wildman–Crippen MR) is 95.1 cm³/mol. The maximum atomic E-state index is 13.4. The number of halogens is 1. The number of hydrogen-bond donors (Lipinski definition) is 1. The first-order valence-corrected chi connectivity index (χ1v) is 11.4. The molecule has 1 heterocycles. The van der Waals surface area contributed by atoms with Gasteiger partial charge < -0.3 is 5.32 Å². The molecule has 1 saturated heterocycles. The molecule has 23 heavy (non-hydrogen) atoms. The Morgan fingerprint density at radius 1 is 1.35 bits per heavy atom. The molecule has 1 atom stereocenters. The molecule has 4 nitrogen and oxygen atoms in total. The van der Waals surface area contributed by atoms with Gasteiger partial charge >= 0.3 is 0 Å². The summed E-state index contributed by atoms with van der Waals surface area (Å²) in [4.78, 5) is 11.7. The molecule has 1 N–H and O–H groups in total. The van der Waals surface area contributed by atoms with E-state index in [0.29, 0.717) is 30.0 Å². The summed E-state index contributed by atoms with van der Waals surface area (Å²) in [7, 11) is -2.88. The summed E-state index contributed by atoms with van der Waals surface area (Å²) in [5, 5.41) is 2.85. The quantitative estimate of drug-likeness (QED) is 0.703. The number of benzene rings is 1. The van der Waals surface area contributed by atoms with E-state index in [2.05, 4.69) is 5.32 Å². The van der Waals surface area contributed by atoms with E-state index in [4.69, 9.17) is 0 Å². The molecule has 1 amide bonds. The topological polar surface area (TPSA) is 63.2 Å². The fourth-order valence-electron chi connectivity index (χ4n) is 2.20. The van der Waals surface area contributed by atoms with E-state index in [1.165, 1.54) is 17.8 Å². The standard InChI is InChI=1S/C15H20FNO3S3/c16-14-4-2-1-3-12(14)9-21-7-6-17-15(18)10-22-13-5-8-23(19,20)11-13/h1-4,13H,5-11H2,(H,17,18). The second-order valence-electron chi connectivity index (χ2n) is 5.33. The van der Waals surface area contributed by atoms with Crippen molar-refractivity contribution >= 4 is 39.3 Å². The lowest BCUT2D eigenvalue weighted by atomic mass is 10.2. The van der Waals surface area contributed by atoms with Gasteiger partial charge in [-0.15, -0.1) is 11.8 Å². The minimum absolute atomic E-state index is 0.0428. The minimum atomic E-state index is -2.88. The molecule has 1 aliphatic heterocycles. The maximum absolute atomic E-state index is 13.4. The molecule has 0 spiro atoms. The molecular formula is C15H20FNO3S3. The first kappa shape index (κ1) is 18.6. The van der Waals surface area contributed by atoms with Gasteiger partial charge in [0.1, 0.15) is 5.82 Å². The number of rotatable bonds is 8. The number of thioether (sulfide) groups is 2. The number of nitrogens with one attached hydrogen (secondary N) is 1. The van der Waals surface area contributed by atoms with Crippen molar-refractivity contribution < 1.29 is 17.6 Å². The predicted octanol–water partition coefficient (Wildman–Crippen LogP) is 2.10. The molecule has 0 aromatic heterocycles. The van der Waals surface area contributed by atoms with Crippen LogP contribution < -0.4 is 5.32 Å². The van der Waals surface area contributed by atoms with Gasteiger partial charge in [0, 0.05) is 23.3 Å². The smallest absolute Gasteiger partial charge is 0.230 e. The molecule has 0 radical (unpaired) electrons. The molecule has 0 bridgehead atoms. The summed E-state index contributed by atoms with van der Waals surface area (Å²) >= 11 is 2.97. The molecule has 1 fully saturated rings. The Hall–Kier alpha value is -0.730. The zero-order valence-electron chi connectivity index (χ0n) is 12.7. The molecule has 0 saturated carbocycles. The van der Waals surface area contributed by atoms with E-state index in [-0.39, 0.29) is 34.2 Å². The van der Waals surface area contributed by atoms with Crippen LogP contribution in [0.2, 0.25) is 0 Å². The SMILES string of the molecule is O=C(CSC1CCS(=O)(=O)C1)NCCSCc1ccccc1F. The summed E-state index contributed by atoms with van der Waals surface area (Å²) in [6.07, 6.45) is 0.638. The summed E-state index contributed by atoms with van der Waals surface area (Å²) < 4.78 is 36.1. The van der Waals surface area contributed by atoms with Gasteiger partial charge in [0.25, 0.3) is 0 Å². The van der Waals surface area contributed by atoms with Gasteiger partial charge in [0.2, 0.25) is 5.91 Å². The molecule has 1 aromatic carbocycles. The van der Waals surface area contributed by atoms with Crippen molar-refractivity contribution in [2.45, 2.75) is 17.4 Å². The Kier molecular flexibility index (Phi) is 7.23. The number of hydrogen-bond acceptors (Lipinski definition) is 5. The number of carbonyl (C=O) groups excluding carboxylic acids is 1. The average molecular weight is 378 g/mol. The molecular weight excluding hydrogens is 357 g/mol. The second kappa shape index (κ2) is 8.94. The second-order valence-corrected chi connectivity index (χ2v) is 9.95. The summed E-state index contributed by atoms with van der Waals surface area (Å²) in [5.41, 5.74) is 0.668. The van der Waals surface area contributed by atoms with E-state index in [0.717, 1.165) is 0 Å². The number of carbonyl (C=O) groups is 1. The van der Waals surface area contributed by atoms with Gasteiger partial charge in [-0.1, -0.05) is 18.2 Å². The first-order chi connectivity index (χ1) is 11.0. The Bertz CT molecular complexity index is 637. The van der Waals surface area contributed by atoms with Crippen molar-refractivity contribution in [3.05, 3.63) is 35.6 Å². The highest BCUT2D eigenvalue weighted by atomic mass is 32.2. The Balaban J connectivity index is 1.54. The van der Waals surface area contributed by atoms with Gasteiger partial charge in [-0.05, 0) is 18.1 Å². The zero-order chi connectivity index (χ0) is 16.7. The van der Waals surface area contributed by atoms with E-state index < -0.39 is 9.84 Å². The van der Waals surface area contributed by atoms with E-state index in [1.54, 1.807) is 30.0 Å². The van der Waals surface area contributed by atoms with Gasteiger partial charge in [-0.25, -0.2) is 12.8 Å². The van der Waals surface area contributed by atoms with Crippen molar-refractivity contribution in [3.8, 4) is 0 Å². The Labute approximate surface area is 144 Å². The van der Waals surface area contributed by atoms with Crippen LogP contribution >= 0.6 is 23.5 Å². The van der Waals surface area contributed by atoms with Crippen LogP contribution in [0.4, 0.5) is 4.39 Å².